The van der Waals surface area contributed by atoms with E-state index in [1.54, 1.807) is 12.1 Å². The Kier molecular flexibility index (Phi) is 6.17. The highest BCUT2D eigenvalue weighted by Crippen LogP contribution is 2.18. The Balaban J connectivity index is 3.09. The average molecular weight is 298 g/mol. The second-order valence-corrected chi connectivity index (χ2v) is 7.08. The largest absolute Gasteiger partial charge is 0.326 e. The highest BCUT2D eigenvalue weighted by molar-refractivity contribution is 7.89. The van der Waals surface area contributed by atoms with E-state index in [0.717, 1.165) is 24.0 Å². The van der Waals surface area contributed by atoms with Gasteiger partial charge in [-0.1, -0.05) is 33.8 Å². The molecule has 4 nitrogen and oxygen atoms in total. The summed E-state index contributed by atoms with van der Waals surface area (Å²) in [5.41, 5.74) is 7.69. The lowest BCUT2D eigenvalue weighted by Crippen LogP contribution is -2.38. The number of hydrogen-bond donors (Lipinski definition) is 2. The second-order valence-electron chi connectivity index (χ2n) is 5.37. The van der Waals surface area contributed by atoms with Crippen molar-refractivity contribution in [3.05, 3.63) is 29.3 Å². The maximum Gasteiger partial charge on any atom is 0.240 e. The molecule has 1 aromatic carbocycles. The van der Waals surface area contributed by atoms with Crippen LogP contribution in [0.2, 0.25) is 0 Å². The lowest BCUT2D eigenvalue weighted by molar-refractivity contribution is 0.437. The van der Waals surface area contributed by atoms with Crippen molar-refractivity contribution in [2.75, 3.05) is 0 Å². The van der Waals surface area contributed by atoms with Crippen molar-refractivity contribution in [1.29, 1.82) is 0 Å². The zero-order valence-electron chi connectivity index (χ0n) is 12.8. The molecular formula is C15H26N2O2S. The van der Waals surface area contributed by atoms with Crippen LogP contribution in [0.4, 0.5) is 0 Å². The molecular weight excluding hydrogens is 272 g/mol. The van der Waals surface area contributed by atoms with E-state index in [9.17, 15) is 8.42 Å². The highest BCUT2D eigenvalue weighted by Gasteiger charge is 2.21. The second kappa shape index (κ2) is 7.20. The first-order valence-electron chi connectivity index (χ1n) is 7.19. The summed E-state index contributed by atoms with van der Waals surface area (Å²) < 4.78 is 27.6. The van der Waals surface area contributed by atoms with Gasteiger partial charge in [-0.25, -0.2) is 13.1 Å². The SMILES string of the molecule is CCc1ccc(S(=O)(=O)NC(CC)C(C)C)cc1CN. The van der Waals surface area contributed by atoms with Crippen molar-refractivity contribution in [1.82, 2.24) is 4.72 Å². The van der Waals surface area contributed by atoms with Gasteiger partial charge in [0.25, 0.3) is 0 Å². The Labute approximate surface area is 122 Å². The minimum absolute atomic E-state index is 0.0489. The first-order chi connectivity index (χ1) is 9.35. The van der Waals surface area contributed by atoms with Crippen LogP contribution in [0.1, 0.15) is 45.2 Å². The van der Waals surface area contributed by atoms with Gasteiger partial charge in [0.15, 0.2) is 0 Å². The third-order valence-corrected chi connectivity index (χ3v) is 5.13. The summed E-state index contributed by atoms with van der Waals surface area (Å²) in [7, 11) is -3.48. The number of benzene rings is 1. The standard InChI is InChI=1S/C15H26N2O2S/c1-5-12-7-8-14(9-13(12)10-16)20(18,19)17-15(6-2)11(3)4/h7-9,11,15,17H,5-6,10,16H2,1-4H3. The van der Waals surface area contributed by atoms with Crippen LogP contribution in [0.25, 0.3) is 0 Å². The Morgan fingerprint density at radius 3 is 2.30 bits per heavy atom. The minimum atomic E-state index is -3.48. The van der Waals surface area contributed by atoms with Gasteiger partial charge in [0.1, 0.15) is 0 Å². The molecule has 1 atom stereocenters. The van der Waals surface area contributed by atoms with Crippen LogP contribution in [0.3, 0.4) is 0 Å². The Morgan fingerprint density at radius 2 is 1.85 bits per heavy atom. The smallest absolute Gasteiger partial charge is 0.240 e. The van der Waals surface area contributed by atoms with Crippen molar-refractivity contribution in [3.63, 3.8) is 0 Å². The van der Waals surface area contributed by atoms with Crippen molar-refractivity contribution in [2.45, 2.75) is 58.0 Å². The predicted octanol–water partition coefficient (Wildman–Crippen LogP) is 2.42. The Hall–Kier alpha value is -0.910. The molecule has 0 heterocycles. The molecule has 0 aliphatic heterocycles. The van der Waals surface area contributed by atoms with Crippen molar-refractivity contribution >= 4 is 10.0 Å². The summed E-state index contributed by atoms with van der Waals surface area (Å²) in [6.07, 6.45) is 1.62. The van der Waals surface area contributed by atoms with Crippen LogP contribution >= 0.6 is 0 Å². The zero-order chi connectivity index (χ0) is 15.3. The van der Waals surface area contributed by atoms with E-state index >= 15 is 0 Å². The van der Waals surface area contributed by atoms with Crippen LogP contribution in [-0.2, 0) is 23.0 Å². The molecule has 0 aliphatic rings. The molecule has 0 fully saturated rings. The summed E-state index contributed by atoms with van der Waals surface area (Å²) >= 11 is 0. The van der Waals surface area contributed by atoms with E-state index < -0.39 is 10.0 Å². The van der Waals surface area contributed by atoms with Gasteiger partial charge >= 0.3 is 0 Å². The Bertz CT molecular complexity index is 539. The molecule has 0 saturated heterocycles. The molecule has 0 aliphatic carbocycles. The topological polar surface area (TPSA) is 72.2 Å². The van der Waals surface area contributed by atoms with Gasteiger partial charge in [-0.2, -0.15) is 0 Å². The first kappa shape index (κ1) is 17.1. The first-order valence-corrected chi connectivity index (χ1v) is 8.68. The zero-order valence-corrected chi connectivity index (χ0v) is 13.6. The lowest BCUT2D eigenvalue weighted by Gasteiger charge is -2.21. The predicted molar refractivity (Wildman–Crippen MR) is 82.9 cm³/mol. The number of nitrogens with two attached hydrogens (primary N) is 1. The number of aryl methyl sites for hydroxylation is 1. The van der Waals surface area contributed by atoms with E-state index in [0.29, 0.717) is 11.4 Å². The van der Waals surface area contributed by atoms with Crippen LogP contribution in [-0.4, -0.2) is 14.5 Å². The maximum absolute atomic E-state index is 12.4. The maximum atomic E-state index is 12.4. The molecule has 20 heavy (non-hydrogen) atoms. The van der Waals surface area contributed by atoms with Crippen LogP contribution in [0.5, 0.6) is 0 Å². The molecule has 1 unspecified atom stereocenters. The minimum Gasteiger partial charge on any atom is -0.326 e. The molecule has 0 bridgehead atoms. The fourth-order valence-electron chi connectivity index (χ4n) is 2.26. The fourth-order valence-corrected chi connectivity index (χ4v) is 3.78. The average Bonchev–Trinajstić information content (AvgIpc) is 2.43. The monoisotopic (exact) mass is 298 g/mol. The van der Waals surface area contributed by atoms with Gasteiger partial charge in [0.05, 0.1) is 4.90 Å². The van der Waals surface area contributed by atoms with E-state index in [-0.39, 0.29) is 12.0 Å². The molecule has 5 heteroatoms. The van der Waals surface area contributed by atoms with E-state index in [1.165, 1.54) is 0 Å². The quantitative estimate of drug-likeness (QED) is 0.812. The molecule has 114 valence electrons. The van der Waals surface area contributed by atoms with Gasteiger partial charge < -0.3 is 5.73 Å². The summed E-state index contributed by atoms with van der Waals surface area (Å²) in [4.78, 5) is 0.300. The number of hydrogen-bond acceptors (Lipinski definition) is 3. The van der Waals surface area contributed by atoms with Crippen LogP contribution in [0.15, 0.2) is 23.1 Å². The van der Waals surface area contributed by atoms with Gasteiger partial charge in [0.2, 0.25) is 10.0 Å². The Morgan fingerprint density at radius 1 is 1.20 bits per heavy atom. The molecule has 0 radical (unpaired) electrons. The van der Waals surface area contributed by atoms with Gasteiger partial charge in [-0.3, -0.25) is 0 Å². The van der Waals surface area contributed by atoms with Crippen LogP contribution in [0, 0.1) is 5.92 Å². The van der Waals surface area contributed by atoms with E-state index in [2.05, 4.69) is 4.72 Å². The molecule has 0 saturated carbocycles. The molecule has 1 rings (SSSR count). The summed E-state index contributed by atoms with van der Waals surface area (Å²) in [6.45, 7) is 8.41. The number of rotatable bonds is 7. The van der Waals surface area contributed by atoms with Crippen molar-refractivity contribution in [2.24, 2.45) is 11.7 Å². The van der Waals surface area contributed by atoms with Gasteiger partial charge in [-0.05, 0) is 42.0 Å². The number of sulfonamides is 1. The normalized spacial score (nSPS) is 13.7. The summed E-state index contributed by atoms with van der Waals surface area (Å²) in [5.74, 6) is 0.263. The number of nitrogens with one attached hydrogen (secondary N) is 1. The van der Waals surface area contributed by atoms with Crippen molar-refractivity contribution in [3.8, 4) is 0 Å². The van der Waals surface area contributed by atoms with Crippen LogP contribution < -0.4 is 10.5 Å². The van der Waals surface area contributed by atoms with Crippen molar-refractivity contribution < 1.29 is 8.42 Å². The van der Waals surface area contributed by atoms with Gasteiger partial charge in [-0.15, -0.1) is 0 Å². The van der Waals surface area contributed by atoms with E-state index in [4.69, 9.17) is 5.73 Å². The molecule has 3 N–H and O–H groups in total. The molecule has 0 spiro atoms. The third-order valence-electron chi connectivity index (χ3n) is 3.64. The highest BCUT2D eigenvalue weighted by atomic mass is 32.2. The van der Waals surface area contributed by atoms with E-state index in [1.807, 2.05) is 33.8 Å². The third kappa shape index (κ3) is 4.04. The lowest BCUT2D eigenvalue weighted by atomic mass is 10.0. The summed E-state index contributed by atoms with van der Waals surface area (Å²) in [5, 5.41) is 0. The molecule has 1 aromatic rings. The van der Waals surface area contributed by atoms with Gasteiger partial charge in [0, 0.05) is 12.6 Å². The molecule has 0 aromatic heterocycles. The fraction of sp³-hybridized carbons (Fsp3) is 0.600. The molecule has 0 amide bonds. The summed E-state index contributed by atoms with van der Waals surface area (Å²) in [6, 6.07) is 5.15.